The lowest BCUT2D eigenvalue weighted by Gasteiger charge is -2.35. The summed E-state index contributed by atoms with van der Waals surface area (Å²) in [6.45, 7) is 7.11. The van der Waals surface area contributed by atoms with Crippen LogP contribution in [0.1, 0.15) is 51.9 Å². The number of carbonyl (C=O) groups is 1. The topological polar surface area (TPSA) is 78.7 Å². The van der Waals surface area contributed by atoms with Crippen molar-refractivity contribution in [1.29, 1.82) is 0 Å². The van der Waals surface area contributed by atoms with Crippen LogP contribution in [0.25, 0.3) is 5.65 Å². The minimum atomic E-state index is 0.114. The first-order valence-corrected chi connectivity index (χ1v) is 11.2. The number of amides is 1. The summed E-state index contributed by atoms with van der Waals surface area (Å²) in [5.74, 6) is 1.25. The van der Waals surface area contributed by atoms with Crippen molar-refractivity contribution < 1.29 is 4.79 Å². The van der Waals surface area contributed by atoms with Crippen LogP contribution in [0.15, 0.2) is 18.5 Å². The van der Waals surface area contributed by atoms with Crippen LogP contribution >= 0.6 is 0 Å². The van der Waals surface area contributed by atoms with Gasteiger partial charge in [0.25, 0.3) is 0 Å². The highest BCUT2D eigenvalue weighted by atomic mass is 16.1. The fraction of sp³-hybridized carbons (Fsp3) is 0.714. The summed E-state index contributed by atoms with van der Waals surface area (Å²) in [4.78, 5) is 17.4. The lowest BCUT2D eigenvalue weighted by molar-refractivity contribution is -0.125. The number of fused-ring (bicyclic) bond motifs is 1. The molecule has 2 aromatic rings. The fourth-order valence-electron chi connectivity index (χ4n) is 4.71. The van der Waals surface area contributed by atoms with E-state index in [0.29, 0.717) is 0 Å². The number of hydrogen-bond donors (Lipinski definition) is 1. The number of nitrogens with zero attached hydrogens (tertiary/aromatic N) is 6. The van der Waals surface area contributed by atoms with E-state index in [0.717, 1.165) is 62.9 Å². The molecule has 0 spiro atoms. The SMILES string of the molecule is CCC1CCCCN1CCCNC(=O)C1CCN(c2ccc3nncn3n2)CC1. The van der Waals surface area contributed by atoms with Gasteiger partial charge in [0, 0.05) is 38.1 Å². The van der Waals surface area contributed by atoms with Gasteiger partial charge < -0.3 is 15.1 Å². The Balaban J connectivity index is 1.18. The van der Waals surface area contributed by atoms with Crippen LogP contribution in [0.3, 0.4) is 0 Å². The second-order valence-corrected chi connectivity index (χ2v) is 8.32. The summed E-state index contributed by atoms with van der Waals surface area (Å²) < 4.78 is 1.69. The largest absolute Gasteiger partial charge is 0.356 e. The van der Waals surface area contributed by atoms with Gasteiger partial charge in [0.05, 0.1) is 0 Å². The Kier molecular flexibility index (Phi) is 6.59. The molecule has 29 heavy (non-hydrogen) atoms. The van der Waals surface area contributed by atoms with Gasteiger partial charge in [-0.2, -0.15) is 4.52 Å². The summed E-state index contributed by atoms with van der Waals surface area (Å²) in [7, 11) is 0. The van der Waals surface area contributed by atoms with Crippen molar-refractivity contribution in [3.8, 4) is 0 Å². The van der Waals surface area contributed by atoms with Crippen LogP contribution in [0.5, 0.6) is 0 Å². The molecular weight excluding hydrogens is 366 g/mol. The molecule has 4 rings (SSSR count). The maximum atomic E-state index is 12.6. The molecule has 1 N–H and O–H groups in total. The van der Waals surface area contributed by atoms with E-state index in [-0.39, 0.29) is 11.8 Å². The molecule has 0 radical (unpaired) electrons. The zero-order valence-electron chi connectivity index (χ0n) is 17.5. The summed E-state index contributed by atoms with van der Waals surface area (Å²) in [5.41, 5.74) is 0.748. The molecule has 8 nitrogen and oxygen atoms in total. The van der Waals surface area contributed by atoms with Crippen LogP contribution in [0, 0.1) is 5.92 Å². The molecule has 2 saturated heterocycles. The van der Waals surface area contributed by atoms with Crippen LogP contribution in [-0.2, 0) is 4.79 Å². The molecule has 1 amide bonds. The molecule has 2 aliphatic rings. The van der Waals surface area contributed by atoms with Crippen LogP contribution in [0.2, 0.25) is 0 Å². The smallest absolute Gasteiger partial charge is 0.223 e. The zero-order chi connectivity index (χ0) is 20.1. The summed E-state index contributed by atoms with van der Waals surface area (Å²) >= 11 is 0. The summed E-state index contributed by atoms with van der Waals surface area (Å²) in [5, 5.41) is 15.6. The molecule has 2 aliphatic heterocycles. The van der Waals surface area contributed by atoms with Crippen molar-refractivity contribution in [3.63, 3.8) is 0 Å². The maximum Gasteiger partial charge on any atom is 0.223 e. The average Bonchev–Trinajstić information content (AvgIpc) is 3.25. The zero-order valence-corrected chi connectivity index (χ0v) is 17.5. The second kappa shape index (κ2) is 9.52. The Morgan fingerprint density at radius 1 is 1.17 bits per heavy atom. The first-order chi connectivity index (χ1) is 14.2. The third-order valence-corrected chi connectivity index (χ3v) is 6.48. The number of hydrogen-bond acceptors (Lipinski definition) is 6. The normalized spacial score (nSPS) is 21.6. The summed E-state index contributed by atoms with van der Waals surface area (Å²) in [6.07, 6.45) is 9.67. The standard InChI is InChI=1S/C21H33N7O/c1-2-18-6-3-4-12-26(18)13-5-11-22-21(29)17-9-14-27(15-10-17)20-8-7-19-24-23-16-28(19)25-20/h7-8,16-18H,2-6,9-15H2,1H3,(H,22,29). The number of anilines is 1. The van der Waals surface area contributed by atoms with Gasteiger partial charge in [0.2, 0.25) is 5.91 Å². The Hall–Kier alpha value is -2.22. The van der Waals surface area contributed by atoms with Crippen LogP contribution in [0.4, 0.5) is 5.82 Å². The van der Waals surface area contributed by atoms with Gasteiger partial charge in [-0.25, -0.2) is 0 Å². The lowest BCUT2D eigenvalue weighted by atomic mass is 9.96. The minimum Gasteiger partial charge on any atom is -0.356 e. The van der Waals surface area contributed by atoms with E-state index in [1.54, 1.807) is 10.8 Å². The van der Waals surface area contributed by atoms with E-state index in [1.807, 2.05) is 12.1 Å². The number of carbonyl (C=O) groups excluding carboxylic acids is 1. The number of likely N-dealkylation sites (tertiary alicyclic amines) is 1. The van der Waals surface area contributed by atoms with Crippen molar-refractivity contribution in [2.24, 2.45) is 5.92 Å². The molecule has 8 heteroatoms. The second-order valence-electron chi connectivity index (χ2n) is 8.32. The monoisotopic (exact) mass is 399 g/mol. The van der Waals surface area contributed by atoms with Crippen LogP contribution in [-0.4, -0.2) is 69.4 Å². The lowest BCUT2D eigenvalue weighted by Crippen LogP contribution is -2.42. The fourth-order valence-corrected chi connectivity index (χ4v) is 4.71. The number of nitrogens with one attached hydrogen (secondary N) is 1. The number of piperidine rings is 2. The molecule has 0 aliphatic carbocycles. The number of rotatable bonds is 7. The Labute approximate surface area is 172 Å². The third-order valence-electron chi connectivity index (χ3n) is 6.48. The Morgan fingerprint density at radius 3 is 2.86 bits per heavy atom. The van der Waals surface area contributed by atoms with Gasteiger partial charge in [0.1, 0.15) is 12.1 Å². The van der Waals surface area contributed by atoms with Crippen LogP contribution < -0.4 is 10.2 Å². The third kappa shape index (κ3) is 4.86. The van der Waals surface area contributed by atoms with Crippen molar-refractivity contribution in [2.45, 2.75) is 57.9 Å². The molecule has 0 aromatic carbocycles. The van der Waals surface area contributed by atoms with Gasteiger partial charge in [-0.05, 0) is 57.2 Å². The van der Waals surface area contributed by atoms with Gasteiger partial charge in [0.15, 0.2) is 5.65 Å². The predicted molar refractivity (Wildman–Crippen MR) is 113 cm³/mol. The van der Waals surface area contributed by atoms with E-state index in [2.05, 4.69) is 37.3 Å². The van der Waals surface area contributed by atoms with E-state index < -0.39 is 0 Å². The molecule has 158 valence electrons. The molecule has 2 fully saturated rings. The van der Waals surface area contributed by atoms with Gasteiger partial charge in [-0.3, -0.25) is 4.79 Å². The predicted octanol–water partition coefficient (Wildman–Crippen LogP) is 2.11. The van der Waals surface area contributed by atoms with E-state index in [1.165, 1.54) is 32.2 Å². The first kappa shape index (κ1) is 20.1. The van der Waals surface area contributed by atoms with Gasteiger partial charge >= 0.3 is 0 Å². The molecular formula is C21H33N7O. The maximum absolute atomic E-state index is 12.6. The van der Waals surface area contributed by atoms with Gasteiger partial charge in [-0.1, -0.05) is 13.3 Å². The molecule has 1 atom stereocenters. The van der Waals surface area contributed by atoms with Gasteiger partial charge in [-0.15, -0.1) is 15.3 Å². The minimum absolute atomic E-state index is 0.114. The molecule has 0 bridgehead atoms. The average molecular weight is 400 g/mol. The van der Waals surface area contributed by atoms with E-state index in [4.69, 9.17) is 0 Å². The molecule has 2 aromatic heterocycles. The van der Waals surface area contributed by atoms with Crippen molar-refractivity contribution in [3.05, 3.63) is 18.5 Å². The highest BCUT2D eigenvalue weighted by Gasteiger charge is 2.26. The Bertz CT molecular complexity index is 799. The quantitative estimate of drug-likeness (QED) is 0.719. The molecule has 1 unspecified atom stereocenters. The molecule has 4 heterocycles. The number of aromatic nitrogens is 4. The highest BCUT2D eigenvalue weighted by molar-refractivity contribution is 5.78. The van der Waals surface area contributed by atoms with Crippen molar-refractivity contribution in [2.75, 3.05) is 37.6 Å². The van der Waals surface area contributed by atoms with E-state index >= 15 is 0 Å². The highest BCUT2D eigenvalue weighted by Crippen LogP contribution is 2.22. The van der Waals surface area contributed by atoms with Crippen molar-refractivity contribution >= 4 is 17.4 Å². The van der Waals surface area contributed by atoms with E-state index in [9.17, 15) is 4.79 Å². The summed E-state index contributed by atoms with van der Waals surface area (Å²) in [6, 6.07) is 4.66. The molecule has 0 saturated carbocycles. The van der Waals surface area contributed by atoms with Crippen molar-refractivity contribution in [1.82, 2.24) is 30.0 Å². The Morgan fingerprint density at radius 2 is 2.03 bits per heavy atom. The first-order valence-electron chi connectivity index (χ1n) is 11.2.